The number of methoxy groups -OCH3 is 1. The molecule has 5 nitrogen and oxygen atoms in total. The second-order valence-electron chi connectivity index (χ2n) is 4.93. The number of esters is 1. The molecule has 0 saturated carbocycles. The third-order valence-electron chi connectivity index (χ3n) is 3.06. The number of ether oxygens (including phenoxy) is 1. The fourth-order valence-corrected chi connectivity index (χ4v) is 2.59. The number of halogens is 1. The van der Waals surface area contributed by atoms with Crippen LogP contribution in [0.4, 0.5) is 0 Å². The predicted molar refractivity (Wildman–Crippen MR) is 93.0 cm³/mol. The number of carbonyl (C=O) groups excluding carboxylic acids is 1. The van der Waals surface area contributed by atoms with Crippen LogP contribution in [-0.4, -0.2) is 42.5 Å². The lowest BCUT2D eigenvalue weighted by Gasteiger charge is -2.20. The van der Waals surface area contributed by atoms with Crippen molar-refractivity contribution in [2.45, 2.75) is 17.0 Å². The summed E-state index contributed by atoms with van der Waals surface area (Å²) in [6, 6.07) is 9.09. The molecule has 0 spiro atoms. The molecule has 7 heteroatoms. The van der Waals surface area contributed by atoms with E-state index in [1.165, 1.54) is 13.2 Å². The molecule has 1 aliphatic rings. The molecule has 1 fully saturated rings. The molecule has 2 rings (SSSR count). The van der Waals surface area contributed by atoms with Crippen LogP contribution in [-0.2, 0) is 14.3 Å². The second kappa shape index (κ2) is 10.3. The van der Waals surface area contributed by atoms with E-state index in [0.717, 1.165) is 24.1 Å². The summed E-state index contributed by atoms with van der Waals surface area (Å²) in [6.07, 6.45) is 2.04. The minimum Gasteiger partial charge on any atom is -0.478 e. The summed E-state index contributed by atoms with van der Waals surface area (Å²) in [5.41, 5.74) is 1.68. The van der Waals surface area contributed by atoms with Crippen LogP contribution in [0, 0.1) is 0 Å². The van der Waals surface area contributed by atoms with Crippen molar-refractivity contribution >= 4 is 36.2 Å². The minimum atomic E-state index is -0.871. The molecule has 0 radical (unpaired) electrons. The molecular weight excluding hydrogens is 338 g/mol. The fourth-order valence-electron chi connectivity index (χ4n) is 1.99. The zero-order valence-electron chi connectivity index (χ0n) is 12.7. The first-order valence-corrected chi connectivity index (χ1v) is 7.97. The lowest BCUT2D eigenvalue weighted by Crippen LogP contribution is -2.32. The monoisotopic (exact) mass is 357 g/mol. The van der Waals surface area contributed by atoms with Crippen LogP contribution in [0.3, 0.4) is 0 Å². The molecule has 1 aromatic carbocycles. The highest BCUT2D eigenvalue weighted by atomic mass is 35.5. The summed E-state index contributed by atoms with van der Waals surface area (Å²) >= 11 is 10.0. The van der Waals surface area contributed by atoms with Crippen LogP contribution in [0.15, 0.2) is 42.0 Å². The molecule has 2 N–H and O–H groups in total. The zero-order valence-corrected chi connectivity index (χ0v) is 14.4. The van der Waals surface area contributed by atoms with Gasteiger partial charge in [0.1, 0.15) is 0 Å². The van der Waals surface area contributed by atoms with Gasteiger partial charge in [-0.15, -0.1) is 11.6 Å². The summed E-state index contributed by atoms with van der Waals surface area (Å²) in [7, 11) is 1.32. The number of carboxylic acids is 1. The van der Waals surface area contributed by atoms with Crippen molar-refractivity contribution in [3.63, 3.8) is 0 Å². The average molecular weight is 358 g/mol. The molecule has 0 amide bonds. The van der Waals surface area contributed by atoms with Crippen LogP contribution in [0.1, 0.15) is 17.4 Å². The zero-order chi connectivity index (χ0) is 17.2. The van der Waals surface area contributed by atoms with Gasteiger partial charge >= 0.3 is 11.9 Å². The Labute approximate surface area is 146 Å². The van der Waals surface area contributed by atoms with Crippen molar-refractivity contribution in [2.24, 2.45) is 0 Å². The Morgan fingerprint density at radius 1 is 1.43 bits per heavy atom. The molecule has 0 aromatic heterocycles. The van der Waals surface area contributed by atoms with Gasteiger partial charge in [0.25, 0.3) is 0 Å². The highest BCUT2D eigenvalue weighted by Gasteiger charge is 2.16. The van der Waals surface area contributed by atoms with E-state index in [1.807, 2.05) is 18.2 Å². The van der Waals surface area contributed by atoms with Gasteiger partial charge in [0.15, 0.2) is 5.38 Å². The summed E-state index contributed by atoms with van der Waals surface area (Å²) in [5.74, 6) is -1.30. The molecule has 1 aliphatic heterocycles. The van der Waals surface area contributed by atoms with Crippen molar-refractivity contribution in [2.75, 3.05) is 20.2 Å². The Morgan fingerprint density at radius 2 is 2.09 bits per heavy atom. The predicted octanol–water partition coefficient (Wildman–Crippen LogP) is 2.43. The molecule has 1 heterocycles. The van der Waals surface area contributed by atoms with E-state index in [-0.39, 0.29) is 5.25 Å². The van der Waals surface area contributed by atoms with Crippen molar-refractivity contribution in [1.82, 2.24) is 5.32 Å². The highest BCUT2D eigenvalue weighted by Crippen LogP contribution is 2.20. The number of carboxylic acid groups (broad SMARTS) is 1. The van der Waals surface area contributed by atoms with Crippen molar-refractivity contribution in [3.05, 3.63) is 47.5 Å². The summed E-state index contributed by atoms with van der Waals surface area (Å²) in [4.78, 5) is 21.2. The lowest BCUT2D eigenvalue weighted by atomic mass is 10.1. The van der Waals surface area contributed by atoms with E-state index in [1.54, 1.807) is 12.1 Å². The molecular formula is C16H20ClNO4S. The molecule has 23 heavy (non-hydrogen) atoms. The third-order valence-corrected chi connectivity index (χ3v) is 3.85. The Balaban J connectivity index is 0.000000231. The molecule has 1 aromatic rings. The van der Waals surface area contributed by atoms with Gasteiger partial charge in [-0.3, -0.25) is 4.79 Å². The number of rotatable bonds is 3. The molecule has 2 unspecified atom stereocenters. The Hall–Kier alpha value is -1.50. The maximum Gasteiger partial charge on any atom is 0.328 e. The first kappa shape index (κ1) is 19.5. The topological polar surface area (TPSA) is 75.6 Å². The number of hydrogen-bond acceptors (Lipinski definition) is 5. The highest BCUT2D eigenvalue weighted by molar-refractivity contribution is 7.81. The third kappa shape index (κ3) is 7.54. The average Bonchev–Trinajstić information content (AvgIpc) is 2.54. The second-order valence-corrected chi connectivity index (χ2v) is 6.09. The maximum atomic E-state index is 11.0. The quantitative estimate of drug-likeness (QED) is 0.335. The number of alkyl halides is 1. The normalized spacial score (nSPS) is 20.1. The molecule has 2 atom stereocenters. The fraction of sp³-hybridized carbons (Fsp3) is 0.375. The smallest absolute Gasteiger partial charge is 0.328 e. The van der Waals surface area contributed by atoms with Gasteiger partial charge in [-0.2, -0.15) is 12.6 Å². The van der Waals surface area contributed by atoms with Gasteiger partial charge in [-0.1, -0.05) is 30.3 Å². The van der Waals surface area contributed by atoms with E-state index >= 15 is 0 Å². The molecule has 0 bridgehead atoms. The van der Waals surface area contributed by atoms with Crippen molar-refractivity contribution < 1.29 is 19.4 Å². The molecule has 1 saturated heterocycles. The molecule has 126 valence electrons. The number of thiol groups is 1. The van der Waals surface area contributed by atoms with Gasteiger partial charge in [0.2, 0.25) is 0 Å². The van der Waals surface area contributed by atoms with Crippen LogP contribution in [0.5, 0.6) is 0 Å². The van der Waals surface area contributed by atoms with Crippen LogP contribution in [0.25, 0.3) is 0 Å². The van der Waals surface area contributed by atoms with Gasteiger partial charge < -0.3 is 15.2 Å². The Kier molecular flexibility index (Phi) is 8.76. The van der Waals surface area contributed by atoms with Gasteiger partial charge in [0.05, 0.1) is 7.11 Å². The minimum absolute atomic E-state index is 0.259. The first-order valence-electron chi connectivity index (χ1n) is 7.02. The standard InChI is InChI=1S/C9H9ClO2.C7H11NO2S/c1-12-9(11)8(10)7-5-3-2-4-6-7;9-7(10)2-5-1-6(11)4-8-3-5/h2-6,8H,1H3;2,6,8,11H,1,3-4H2,(H,9,10). The number of piperidine rings is 1. The van der Waals surface area contributed by atoms with Gasteiger partial charge in [-0.05, 0) is 17.6 Å². The van der Waals surface area contributed by atoms with Gasteiger partial charge in [0, 0.05) is 24.4 Å². The largest absolute Gasteiger partial charge is 0.478 e. The number of carbonyl (C=O) groups is 2. The first-order chi connectivity index (χ1) is 10.9. The van der Waals surface area contributed by atoms with Crippen LogP contribution >= 0.6 is 24.2 Å². The van der Waals surface area contributed by atoms with E-state index in [9.17, 15) is 9.59 Å². The van der Waals surface area contributed by atoms with E-state index in [0.29, 0.717) is 6.54 Å². The Bertz CT molecular complexity index is 550. The van der Waals surface area contributed by atoms with Crippen molar-refractivity contribution in [3.8, 4) is 0 Å². The number of benzene rings is 1. The van der Waals surface area contributed by atoms with E-state index < -0.39 is 17.3 Å². The Morgan fingerprint density at radius 3 is 2.61 bits per heavy atom. The maximum absolute atomic E-state index is 11.0. The summed E-state index contributed by atoms with van der Waals surface area (Å²) in [6.45, 7) is 1.55. The number of hydrogen-bond donors (Lipinski definition) is 3. The SMILES string of the molecule is COC(=O)C(Cl)c1ccccc1.O=C(O)C=C1CNCC(S)C1. The van der Waals surface area contributed by atoms with E-state index in [2.05, 4.69) is 22.7 Å². The summed E-state index contributed by atoms with van der Waals surface area (Å²) < 4.78 is 4.50. The van der Waals surface area contributed by atoms with Crippen molar-refractivity contribution in [1.29, 1.82) is 0 Å². The van der Waals surface area contributed by atoms with Gasteiger partial charge in [-0.25, -0.2) is 4.79 Å². The summed E-state index contributed by atoms with van der Waals surface area (Å²) in [5, 5.41) is 11.1. The number of aliphatic carboxylic acids is 1. The van der Waals surface area contributed by atoms with Crippen LogP contribution in [0.2, 0.25) is 0 Å². The van der Waals surface area contributed by atoms with E-state index in [4.69, 9.17) is 16.7 Å². The lowest BCUT2D eigenvalue weighted by molar-refractivity contribution is -0.140. The number of nitrogens with one attached hydrogen (secondary N) is 1. The molecule has 0 aliphatic carbocycles. The van der Waals surface area contributed by atoms with Crippen LogP contribution < -0.4 is 5.32 Å².